The Labute approximate surface area is 181 Å². The molecule has 9 heteroatoms. The minimum Gasteiger partial charge on any atom is -0.493 e. The molecule has 0 spiro atoms. The molecule has 4 rings (SSSR count). The maximum absolute atomic E-state index is 13.2. The van der Waals surface area contributed by atoms with Crippen molar-refractivity contribution in [3.8, 4) is 22.8 Å². The summed E-state index contributed by atoms with van der Waals surface area (Å²) in [5.41, 5.74) is 2.95. The van der Waals surface area contributed by atoms with Crippen molar-refractivity contribution in [2.24, 2.45) is 0 Å². The molecule has 0 bridgehead atoms. The van der Waals surface area contributed by atoms with Gasteiger partial charge in [-0.15, -0.1) is 12.4 Å². The lowest BCUT2D eigenvalue weighted by Gasteiger charge is -2.32. The SMILES string of the molecule is COc1cc2c(cc1OC)-c1cc(C(=O)N3CCN(C)CC3)c(C(=O)O)n1CC2.Cl. The zero-order chi connectivity index (χ0) is 20.7. The number of methoxy groups -OCH3 is 2. The number of aromatic carboxylic acids is 1. The number of hydrogen-bond acceptors (Lipinski definition) is 5. The van der Waals surface area contributed by atoms with Gasteiger partial charge in [-0.3, -0.25) is 4.79 Å². The van der Waals surface area contributed by atoms with Crippen molar-refractivity contribution in [3.05, 3.63) is 35.0 Å². The number of aromatic nitrogens is 1. The van der Waals surface area contributed by atoms with Gasteiger partial charge >= 0.3 is 5.97 Å². The average molecular weight is 436 g/mol. The van der Waals surface area contributed by atoms with Crippen LogP contribution in [0.4, 0.5) is 0 Å². The van der Waals surface area contributed by atoms with Gasteiger partial charge in [-0.25, -0.2) is 4.79 Å². The van der Waals surface area contributed by atoms with E-state index in [9.17, 15) is 14.7 Å². The fraction of sp³-hybridized carbons (Fsp3) is 0.429. The highest BCUT2D eigenvalue weighted by atomic mass is 35.5. The third-order valence-electron chi connectivity index (χ3n) is 5.81. The molecule has 0 atom stereocenters. The summed E-state index contributed by atoms with van der Waals surface area (Å²) in [6, 6.07) is 5.50. The predicted octanol–water partition coefficient (Wildman–Crippen LogP) is 2.24. The van der Waals surface area contributed by atoms with Gasteiger partial charge in [0.2, 0.25) is 0 Å². The van der Waals surface area contributed by atoms with Crippen LogP contribution in [0.25, 0.3) is 11.3 Å². The zero-order valence-electron chi connectivity index (χ0n) is 17.3. The van der Waals surface area contributed by atoms with Gasteiger partial charge in [0.15, 0.2) is 11.5 Å². The number of piperazine rings is 1. The molecular formula is C21H26ClN3O5. The highest BCUT2D eigenvalue weighted by Gasteiger charge is 2.32. The van der Waals surface area contributed by atoms with Crippen LogP contribution in [0.5, 0.6) is 11.5 Å². The topological polar surface area (TPSA) is 84.2 Å². The van der Waals surface area contributed by atoms with Crippen LogP contribution in [-0.4, -0.2) is 78.8 Å². The Morgan fingerprint density at radius 2 is 1.60 bits per heavy atom. The molecule has 8 nitrogen and oxygen atoms in total. The van der Waals surface area contributed by atoms with E-state index in [2.05, 4.69) is 4.90 Å². The Kier molecular flexibility index (Phi) is 6.28. The van der Waals surface area contributed by atoms with E-state index >= 15 is 0 Å². The van der Waals surface area contributed by atoms with E-state index in [4.69, 9.17) is 9.47 Å². The van der Waals surface area contributed by atoms with Gasteiger partial charge < -0.3 is 28.9 Å². The van der Waals surface area contributed by atoms with E-state index in [1.807, 2.05) is 19.2 Å². The second-order valence-corrected chi connectivity index (χ2v) is 7.46. The van der Waals surface area contributed by atoms with Crippen molar-refractivity contribution in [1.82, 2.24) is 14.4 Å². The maximum atomic E-state index is 13.2. The summed E-state index contributed by atoms with van der Waals surface area (Å²) in [4.78, 5) is 29.2. The lowest BCUT2D eigenvalue weighted by molar-refractivity contribution is 0.0630. The molecule has 1 amide bonds. The third-order valence-corrected chi connectivity index (χ3v) is 5.81. The average Bonchev–Trinajstić information content (AvgIpc) is 3.13. The third kappa shape index (κ3) is 3.61. The van der Waals surface area contributed by atoms with Crippen molar-refractivity contribution in [3.63, 3.8) is 0 Å². The Balaban J connectivity index is 0.00000256. The molecule has 0 radical (unpaired) electrons. The van der Waals surface area contributed by atoms with Gasteiger partial charge in [0.05, 0.1) is 19.8 Å². The molecule has 1 aromatic heterocycles. The number of carboxylic acids is 1. The quantitative estimate of drug-likeness (QED) is 0.792. The van der Waals surface area contributed by atoms with Crippen molar-refractivity contribution < 1.29 is 24.2 Å². The smallest absolute Gasteiger partial charge is 0.353 e. The first-order valence-electron chi connectivity index (χ1n) is 9.64. The number of likely N-dealkylation sites (N-methyl/N-ethyl adjacent to an activating group) is 1. The first-order valence-corrected chi connectivity index (χ1v) is 9.64. The number of benzene rings is 1. The summed E-state index contributed by atoms with van der Waals surface area (Å²) in [6.07, 6.45) is 0.653. The molecular weight excluding hydrogens is 410 g/mol. The Morgan fingerprint density at radius 1 is 0.967 bits per heavy atom. The Morgan fingerprint density at radius 3 is 2.20 bits per heavy atom. The second-order valence-electron chi connectivity index (χ2n) is 7.46. The van der Waals surface area contributed by atoms with Crippen LogP contribution in [0.3, 0.4) is 0 Å². The number of carbonyl (C=O) groups excluding carboxylic acids is 1. The van der Waals surface area contributed by atoms with E-state index in [1.54, 1.807) is 29.8 Å². The number of carboxylic acid groups (broad SMARTS) is 1. The molecule has 3 heterocycles. The van der Waals surface area contributed by atoms with Gasteiger partial charge in [0.1, 0.15) is 5.69 Å². The fourth-order valence-electron chi connectivity index (χ4n) is 4.18. The fourth-order valence-corrected chi connectivity index (χ4v) is 4.18. The number of rotatable bonds is 4. The van der Waals surface area contributed by atoms with Crippen LogP contribution in [0.1, 0.15) is 26.4 Å². The van der Waals surface area contributed by atoms with Crippen LogP contribution < -0.4 is 9.47 Å². The number of amides is 1. The molecule has 30 heavy (non-hydrogen) atoms. The number of carbonyl (C=O) groups is 2. The molecule has 0 saturated carbocycles. The summed E-state index contributed by atoms with van der Waals surface area (Å²) in [7, 11) is 5.17. The van der Waals surface area contributed by atoms with E-state index in [-0.39, 0.29) is 29.6 Å². The second kappa shape index (κ2) is 8.57. The van der Waals surface area contributed by atoms with Gasteiger partial charge in [0, 0.05) is 44.0 Å². The number of nitrogens with zero attached hydrogens (tertiary/aromatic N) is 3. The molecule has 1 N–H and O–H groups in total. The number of hydrogen-bond donors (Lipinski definition) is 1. The standard InChI is InChI=1S/C21H25N3O5.ClH/c1-22-6-8-23(9-7-22)20(25)15-11-16-14-12-18(29-3)17(28-2)10-13(14)4-5-24(16)19(15)21(26)27;/h10-12H,4-9H2,1-3H3,(H,26,27);1H. The lowest BCUT2D eigenvalue weighted by atomic mass is 9.97. The van der Waals surface area contributed by atoms with Crippen LogP contribution in [0.2, 0.25) is 0 Å². The molecule has 162 valence electrons. The number of ether oxygens (including phenoxy) is 2. The molecule has 1 fully saturated rings. The first kappa shape index (κ1) is 22.0. The molecule has 2 aliphatic heterocycles. The molecule has 1 aromatic carbocycles. The highest BCUT2D eigenvalue weighted by Crippen LogP contribution is 2.40. The summed E-state index contributed by atoms with van der Waals surface area (Å²) < 4.78 is 12.6. The molecule has 0 unspecified atom stereocenters. The molecule has 1 saturated heterocycles. The van der Waals surface area contributed by atoms with Crippen molar-refractivity contribution in [2.75, 3.05) is 47.4 Å². The van der Waals surface area contributed by atoms with Crippen LogP contribution in [0, 0.1) is 0 Å². The molecule has 0 aliphatic carbocycles. The maximum Gasteiger partial charge on any atom is 0.353 e. The highest BCUT2D eigenvalue weighted by molar-refractivity contribution is 6.06. The van der Waals surface area contributed by atoms with E-state index in [1.165, 1.54) is 0 Å². The number of fused-ring (bicyclic) bond motifs is 3. The largest absolute Gasteiger partial charge is 0.493 e. The van der Waals surface area contributed by atoms with Gasteiger partial charge in [-0.2, -0.15) is 0 Å². The van der Waals surface area contributed by atoms with Gasteiger partial charge in [-0.05, 0) is 37.2 Å². The van der Waals surface area contributed by atoms with E-state index in [0.29, 0.717) is 37.6 Å². The normalized spacial score (nSPS) is 15.6. The number of halogens is 1. The molecule has 2 aliphatic rings. The monoisotopic (exact) mass is 435 g/mol. The lowest BCUT2D eigenvalue weighted by Crippen LogP contribution is -2.47. The van der Waals surface area contributed by atoms with E-state index < -0.39 is 5.97 Å². The van der Waals surface area contributed by atoms with Crippen LogP contribution in [0.15, 0.2) is 18.2 Å². The van der Waals surface area contributed by atoms with Gasteiger partial charge in [0.25, 0.3) is 5.91 Å². The Bertz CT molecular complexity index is 980. The summed E-state index contributed by atoms with van der Waals surface area (Å²) in [6.45, 7) is 3.24. The van der Waals surface area contributed by atoms with Crippen LogP contribution in [-0.2, 0) is 13.0 Å². The molecule has 2 aromatic rings. The predicted molar refractivity (Wildman–Crippen MR) is 114 cm³/mol. The van der Waals surface area contributed by atoms with Crippen LogP contribution >= 0.6 is 12.4 Å². The summed E-state index contributed by atoms with van der Waals surface area (Å²) >= 11 is 0. The van der Waals surface area contributed by atoms with Crippen molar-refractivity contribution >= 4 is 24.3 Å². The summed E-state index contributed by atoms with van der Waals surface area (Å²) in [5, 5.41) is 9.89. The number of aryl methyl sites for hydroxylation is 1. The van der Waals surface area contributed by atoms with Crippen molar-refractivity contribution in [2.45, 2.75) is 13.0 Å². The summed E-state index contributed by atoms with van der Waals surface area (Å²) in [5.74, 6) is -0.0970. The van der Waals surface area contributed by atoms with Crippen molar-refractivity contribution in [1.29, 1.82) is 0 Å². The zero-order valence-corrected chi connectivity index (χ0v) is 18.1. The van der Waals surface area contributed by atoms with E-state index in [0.717, 1.165) is 29.9 Å². The minimum atomic E-state index is -1.09. The minimum absolute atomic E-state index is 0. The Hall–Kier alpha value is -2.71. The first-order chi connectivity index (χ1) is 13.9. The van der Waals surface area contributed by atoms with Gasteiger partial charge in [-0.1, -0.05) is 0 Å².